The number of amides is 2. The number of benzene rings is 1. The molecule has 2 amide bonds. The Morgan fingerprint density at radius 3 is 2.74 bits per heavy atom. The van der Waals surface area contributed by atoms with Crippen molar-refractivity contribution >= 4 is 11.8 Å². The normalized spacial score (nSPS) is 16.7. The predicted molar refractivity (Wildman–Crippen MR) is 66.1 cm³/mol. The number of hydrogen-bond acceptors (Lipinski definition) is 3. The standard InChI is InChI=1S/C13H15FN2O3/c1-9(19-11-4-2-10(14)3-5-11)13(18)16-7-6-15-12(17)8-16/h2-5,9H,6-8H2,1H3,(H,15,17)/t9-/m1/s1. The number of hydrogen-bond donors (Lipinski definition) is 1. The van der Waals surface area contributed by atoms with Crippen LogP contribution in [-0.2, 0) is 9.59 Å². The minimum absolute atomic E-state index is 0.0515. The van der Waals surface area contributed by atoms with E-state index >= 15 is 0 Å². The maximum atomic E-state index is 12.7. The summed E-state index contributed by atoms with van der Waals surface area (Å²) in [6.07, 6.45) is -0.712. The molecule has 0 bridgehead atoms. The zero-order chi connectivity index (χ0) is 13.8. The van der Waals surface area contributed by atoms with Gasteiger partial charge in [-0.15, -0.1) is 0 Å². The van der Waals surface area contributed by atoms with Crippen molar-refractivity contribution in [1.82, 2.24) is 10.2 Å². The van der Waals surface area contributed by atoms with Crippen molar-refractivity contribution < 1.29 is 18.7 Å². The van der Waals surface area contributed by atoms with Gasteiger partial charge in [-0.3, -0.25) is 9.59 Å². The first-order valence-corrected chi connectivity index (χ1v) is 6.04. The predicted octanol–water partition coefficient (Wildman–Crippen LogP) is 0.551. The van der Waals surface area contributed by atoms with Crippen LogP contribution < -0.4 is 10.1 Å². The first-order valence-electron chi connectivity index (χ1n) is 6.04. The number of carbonyl (C=O) groups is 2. The minimum atomic E-state index is -0.712. The minimum Gasteiger partial charge on any atom is -0.481 e. The van der Waals surface area contributed by atoms with E-state index in [9.17, 15) is 14.0 Å². The summed E-state index contributed by atoms with van der Waals surface area (Å²) in [5, 5.41) is 2.65. The Hall–Kier alpha value is -2.11. The average Bonchev–Trinajstić information content (AvgIpc) is 2.40. The molecule has 0 unspecified atom stereocenters. The van der Waals surface area contributed by atoms with E-state index < -0.39 is 6.10 Å². The van der Waals surface area contributed by atoms with Crippen LogP contribution in [0.2, 0.25) is 0 Å². The molecular weight excluding hydrogens is 251 g/mol. The summed E-state index contributed by atoms with van der Waals surface area (Å²) in [7, 11) is 0. The topological polar surface area (TPSA) is 58.6 Å². The molecule has 0 radical (unpaired) electrons. The summed E-state index contributed by atoms with van der Waals surface area (Å²) < 4.78 is 18.2. The molecule has 1 atom stereocenters. The zero-order valence-corrected chi connectivity index (χ0v) is 10.6. The van der Waals surface area contributed by atoms with Gasteiger partial charge < -0.3 is 15.0 Å². The largest absolute Gasteiger partial charge is 0.481 e. The van der Waals surface area contributed by atoms with Gasteiger partial charge in [0.15, 0.2) is 6.10 Å². The van der Waals surface area contributed by atoms with Gasteiger partial charge in [0.2, 0.25) is 5.91 Å². The van der Waals surface area contributed by atoms with E-state index in [4.69, 9.17) is 4.74 Å². The van der Waals surface area contributed by atoms with Gasteiger partial charge in [0.1, 0.15) is 11.6 Å². The van der Waals surface area contributed by atoms with Gasteiger partial charge in [0.25, 0.3) is 5.91 Å². The van der Waals surface area contributed by atoms with E-state index in [0.29, 0.717) is 18.8 Å². The molecule has 1 heterocycles. The van der Waals surface area contributed by atoms with Crippen molar-refractivity contribution in [2.24, 2.45) is 0 Å². The van der Waals surface area contributed by atoms with E-state index in [1.807, 2.05) is 0 Å². The van der Waals surface area contributed by atoms with Gasteiger partial charge in [0.05, 0.1) is 6.54 Å². The number of carbonyl (C=O) groups excluding carboxylic acids is 2. The Kier molecular flexibility index (Phi) is 3.99. The molecule has 5 nitrogen and oxygen atoms in total. The monoisotopic (exact) mass is 266 g/mol. The second-order valence-electron chi connectivity index (χ2n) is 4.32. The lowest BCUT2D eigenvalue weighted by Gasteiger charge is -2.29. The van der Waals surface area contributed by atoms with E-state index in [-0.39, 0.29) is 24.2 Å². The molecule has 1 aromatic rings. The fraction of sp³-hybridized carbons (Fsp3) is 0.385. The second-order valence-corrected chi connectivity index (χ2v) is 4.32. The summed E-state index contributed by atoms with van der Waals surface area (Å²) in [4.78, 5) is 24.7. The van der Waals surface area contributed by atoms with Gasteiger partial charge in [-0.05, 0) is 31.2 Å². The highest BCUT2D eigenvalue weighted by Crippen LogP contribution is 2.14. The molecule has 1 saturated heterocycles. The number of nitrogens with zero attached hydrogens (tertiary/aromatic N) is 1. The van der Waals surface area contributed by atoms with Crippen LogP contribution in [0, 0.1) is 5.82 Å². The summed E-state index contributed by atoms with van der Waals surface area (Å²) in [6.45, 7) is 2.59. The summed E-state index contributed by atoms with van der Waals surface area (Å²) >= 11 is 0. The Morgan fingerprint density at radius 1 is 1.42 bits per heavy atom. The first-order chi connectivity index (χ1) is 9.06. The van der Waals surface area contributed by atoms with Crippen LogP contribution in [0.25, 0.3) is 0 Å². The molecule has 1 aromatic carbocycles. The van der Waals surface area contributed by atoms with Crippen LogP contribution in [0.4, 0.5) is 4.39 Å². The summed E-state index contributed by atoms with van der Waals surface area (Å²) in [5.41, 5.74) is 0. The molecule has 1 aliphatic rings. The SMILES string of the molecule is C[C@@H](Oc1ccc(F)cc1)C(=O)N1CCNC(=O)C1. The van der Waals surface area contributed by atoms with E-state index in [0.717, 1.165) is 0 Å². The van der Waals surface area contributed by atoms with Gasteiger partial charge >= 0.3 is 0 Å². The molecule has 0 aliphatic carbocycles. The molecule has 1 N–H and O–H groups in total. The number of nitrogens with one attached hydrogen (secondary N) is 1. The molecule has 6 heteroatoms. The molecule has 1 fully saturated rings. The molecule has 19 heavy (non-hydrogen) atoms. The lowest BCUT2D eigenvalue weighted by atomic mass is 10.2. The van der Waals surface area contributed by atoms with Crippen LogP contribution in [0.1, 0.15) is 6.92 Å². The van der Waals surface area contributed by atoms with Crippen LogP contribution in [0.15, 0.2) is 24.3 Å². The Labute approximate surface area is 110 Å². The lowest BCUT2D eigenvalue weighted by Crippen LogP contribution is -2.53. The Bertz CT molecular complexity index is 475. The summed E-state index contributed by atoms with van der Waals surface area (Å²) in [5.74, 6) is -0.365. The Morgan fingerprint density at radius 2 is 2.11 bits per heavy atom. The Balaban J connectivity index is 1.95. The van der Waals surface area contributed by atoms with Gasteiger partial charge in [-0.1, -0.05) is 0 Å². The van der Waals surface area contributed by atoms with Crippen molar-refractivity contribution in [3.05, 3.63) is 30.1 Å². The number of piperazine rings is 1. The van der Waals surface area contributed by atoms with Crippen molar-refractivity contribution in [3.8, 4) is 5.75 Å². The average molecular weight is 266 g/mol. The zero-order valence-electron chi connectivity index (χ0n) is 10.6. The third-order valence-corrected chi connectivity index (χ3v) is 2.82. The molecule has 1 aliphatic heterocycles. The van der Waals surface area contributed by atoms with Gasteiger partial charge in [-0.2, -0.15) is 0 Å². The fourth-order valence-electron chi connectivity index (χ4n) is 1.85. The first kappa shape index (κ1) is 13.3. The number of rotatable bonds is 3. The quantitative estimate of drug-likeness (QED) is 0.869. The second kappa shape index (κ2) is 5.69. The summed E-state index contributed by atoms with van der Waals surface area (Å²) in [6, 6.07) is 5.45. The highest BCUT2D eigenvalue weighted by Gasteiger charge is 2.26. The van der Waals surface area contributed by atoms with Crippen LogP contribution in [-0.4, -0.2) is 42.5 Å². The van der Waals surface area contributed by atoms with E-state index in [1.165, 1.54) is 29.2 Å². The number of ether oxygens (including phenoxy) is 1. The fourth-order valence-corrected chi connectivity index (χ4v) is 1.85. The smallest absolute Gasteiger partial charge is 0.263 e. The third-order valence-electron chi connectivity index (χ3n) is 2.82. The van der Waals surface area contributed by atoms with Gasteiger partial charge in [-0.25, -0.2) is 4.39 Å². The van der Waals surface area contributed by atoms with Gasteiger partial charge in [0, 0.05) is 13.1 Å². The maximum absolute atomic E-state index is 12.7. The molecule has 102 valence electrons. The van der Waals surface area contributed by atoms with Crippen LogP contribution in [0.3, 0.4) is 0 Å². The van der Waals surface area contributed by atoms with E-state index in [1.54, 1.807) is 6.92 Å². The van der Waals surface area contributed by atoms with E-state index in [2.05, 4.69) is 5.32 Å². The molecule has 0 saturated carbocycles. The molecule has 0 aromatic heterocycles. The maximum Gasteiger partial charge on any atom is 0.263 e. The highest BCUT2D eigenvalue weighted by atomic mass is 19.1. The van der Waals surface area contributed by atoms with Crippen LogP contribution >= 0.6 is 0 Å². The molecule has 2 rings (SSSR count). The van der Waals surface area contributed by atoms with Crippen molar-refractivity contribution in [1.29, 1.82) is 0 Å². The highest BCUT2D eigenvalue weighted by molar-refractivity contribution is 5.88. The third kappa shape index (κ3) is 3.43. The lowest BCUT2D eigenvalue weighted by molar-refractivity contribution is -0.143. The van der Waals surface area contributed by atoms with Crippen molar-refractivity contribution in [2.75, 3.05) is 19.6 Å². The van der Waals surface area contributed by atoms with Crippen LogP contribution in [0.5, 0.6) is 5.75 Å². The van der Waals surface area contributed by atoms with Crippen molar-refractivity contribution in [2.45, 2.75) is 13.0 Å². The van der Waals surface area contributed by atoms with Crippen molar-refractivity contribution in [3.63, 3.8) is 0 Å². The molecular formula is C13H15FN2O3. The molecule has 0 spiro atoms. The number of halogens is 1.